The van der Waals surface area contributed by atoms with Gasteiger partial charge in [0.25, 0.3) is 0 Å². The van der Waals surface area contributed by atoms with E-state index in [0.717, 1.165) is 26.1 Å². The van der Waals surface area contributed by atoms with Crippen molar-refractivity contribution in [2.45, 2.75) is 45.4 Å². The van der Waals surface area contributed by atoms with Crippen LogP contribution in [0, 0.1) is 5.92 Å². The summed E-state index contributed by atoms with van der Waals surface area (Å²) < 4.78 is 0. The lowest BCUT2D eigenvalue weighted by molar-refractivity contribution is -0.121. The normalized spacial score (nSPS) is 17.7. The molecule has 1 heterocycles. The predicted octanol–water partition coefficient (Wildman–Crippen LogP) is 1.68. The predicted molar refractivity (Wildman–Crippen MR) is 62.7 cm³/mol. The van der Waals surface area contributed by atoms with E-state index in [0.29, 0.717) is 12.3 Å². The average molecular weight is 212 g/mol. The van der Waals surface area contributed by atoms with Crippen molar-refractivity contribution in [2.24, 2.45) is 5.92 Å². The standard InChI is InChI=1S/C12H24N2O/c1-2-3-4-5-12(15)14-10-11-6-8-13-9-7-11/h11,13H,2-10H2,1H3,(H,14,15). The fourth-order valence-corrected chi connectivity index (χ4v) is 1.97. The van der Waals surface area contributed by atoms with Crippen LogP contribution in [-0.4, -0.2) is 25.5 Å². The first-order valence-corrected chi connectivity index (χ1v) is 6.30. The van der Waals surface area contributed by atoms with Gasteiger partial charge in [0.05, 0.1) is 0 Å². The topological polar surface area (TPSA) is 41.1 Å². The Labute approximate surface area is 93.0 Å². The summed E-state index contributed by atoms with van der Waals surface area (Å²) in [6.45, 7) is 5.26. The molecule has 0 aromatic heterocycles. The SMILES string of the molecule is CCCCCC(=O)NCC1CCNCC1. The molecule has 0 aromatic carbocycles. The molecule has 3 nitrogen and oxygen atoms in total. The summed E-state index contributed by atoms with van der Waals surface area (Å²) in [5, 5.41) is 6.38. The van der Waals surface area contributed by atoms with Crippen molar-refractivity contribution < 1.29 is 4.79 Å². The van der Waals surface area contributed by atoms with E-state index in [1.54, 1.807) is 0 Å². The van der Waals surface area contributed by atoms with E-state index in [1.807, 2.05) is 0 Å². The second-order valence-corrected chi connectivity index (χ2v) is 4.45. The largest absolute Gasteiger partial charge is 0.356 e. The number of nitrogens with one attached hydrogen (secondary N) is 2. The number of amides is 1. The van der Waals surface area contributed by atoms with Gasteiger partial charge in [0.15, 0.2) is 0 Å². The van der Waals surface area contributed by atoms with Crippen molar-refractivity contribution in [3.8, 4) is 0 Å². The molecule has 0 radical (unpaired) electrons. The highest BCUT2D eigenvalue weighted by molar-refractivity contribution is 5.75. The Morgan fingerprint density at radius 3 is 2.73 bits per heavy atom. The van der Waals surface area contributed by atoms with E-state index in [9.17, 15) is 4.79 Å². The van der Waals surface area contributed by atoms with Crippen LogP contribution in [0.3, 0.4) is 0 Å². The highest BCUT2D eigenvalue weighted by Crippen LogP contribution is 2.09. The van der Waals surface area contributed by atoms with Crippen molar-refractivity contribution in [3.05, 3.63) is 0 Å². The minimum absolute atomic E-state index is 0.238. The van der Waals surface area contributed by atoms with Crippen molar-refractivity contribution >= 4 is 5.91 Å². The van der Waals surface area contributed by atoms with Crippen LogP contribution in [0.5, 0.6) is 0 Å². The summed E-state index contributed by atoms with van der Waals surface area (Å²) in [5.74, 6) is 0.934. The van der Waals surface area contributed by atoms with E-state index in [1.165, 1.54) is 25.7 Å². The summed E-state index contributed by atoms with van der Waals surface area (Å²) in [4.78, 5) is 11.4. The summed E-state index contributed by atoms with van der Waals surface area (Å²) in [7, 11) is 0. The number of unbranched alkanes of at least 4 members (excludes halogenated alkanes) is 2. The minimum Gasteiger partial charge on any atom is -0.356 e. The van der Waals surface area contributed by atoms with Crippen molar-refractivity contribution in [1.82, 2.24) is 10.6 Å². The molecule has 0 unspecified atom stereocenters. The van der Waals surface area contributed by atoms with Crippen molar-refractivity contribution in [2.75, 3.05) is 19.6 Å². The Kier molecular flexibility index (Phi) is 6.41. The first-order chi connectivity index (χ1) is 7.33. The van der Waals surface area contributed by atoms with Gasteiger partial charge >= 0.3 is 0 Å². The molecule has 2 N–H and O–H groups in total. The van der Waals surface area contributed by atoms with Gasteiger partial charge in [0, 0.05) is 13.0 Å². The van der Waals surface area contributed by atoms with Crippen molar-refractivity contribution in [1.29, 1.82) is 0 Å². The van der Waals surface area contributed by atoms with Crippen LogP contribution in [0.25, 0.3) is 0 Å². The number of carbonyl (C=O) groups excluding carboxylic acids is 1. The monoisotopic (exact) mass is 212 g/mol. The number of piperidine rings is 1. The van der Waals surface area contributed by atoms with Crippen LogP contribution in [0.2, 0.25) is 0 Å². The van der Waals surface area contributed by atoms with Gasteiger partial charge in [0.2, 0.25) is 5.91 Å². The molecule has 3 heteroatoms. The maximum atomic E-state index is 11.4. The molecule has 15 heavy (non-hydrogen) atoms. The quantitative estimate of drug-likeness (QED) is 0.658. The van der Waals surface area contributed by atoms with Gasteiger partial charge in [0.1, 0.15) is 0 Å². The van der Waals surface area contributed by atoms with Crippen LogP contribution in [-0.2, 0) is 4.79 Å². The third-order valence-corrected chi connectivity index (χ3v) is 3.05. The highest BCUT2D eigenvalue weighted by Gasteiger charge is 2.13. The Bertz CT molecular complexity index is 176. The van der Waals surface area contributed by atoms with E-state index < -0.39 is 0 Å². The van der Waals surface area contributed by atoms with E-state index in [4.69, 9.17) is 0 Å². The maximum absolute atomic E-state index is 11.4. The zero-order chi connectivity index (χ0) is 10.9. The molecule has 1 rings (SSSR count). The molecule has 1 aliphatic heterocycles. The molecule has 0 spiro atoms. The zero-order valence-corrected chi connectivity index (χ0v) is 9.85. The number of hydrogen-bond donors (Lipinski definition) is 2. The van der Waals surface area contributed by atoms with Crippen molar-refractivity contribution in [3.63, 3.8) is 0 Å². The van der Waals surface area contributed by atoms with Gasteiger partial charge in [-0.15, -0.1) is 0 Å². The van der Waals surface area contributed by atoms with Crippen LogP contribution >= 0.6 is 0 Å². The zero-order valence-electron chi connectivity index (χ0n) is 9.85. The van der Waals surface area contributed by atoms with Gasteiger partial charge in [-0.2, -0.15) is 0 Å². The smallest absolute Gasteiger partial charge is 0.220 e. The minimum atomic E-state index is 0.238. The maximum Gasteiger partial charge on any atom is 0.220 e. The van der Waals surface area contributed by atoms with E-state index >= 15 is 0 Å². The van der Waals surface area contributed by atoms with Gasteiger partial charge in [-0.3, -0.25) is 4.79 Å². The number of hydrogen-bond acceptors (Lipinski definition) is 2. The first kappa shape index (κ1) is 12.5. The molecule has 0 aliphatic carbocycles. The Morgan fingerprint density at radius 1 is 1.33 bits per heavy atom. The van der Waals surface area contributed by atoms with E-state index in [2.05, 4.69) is 17.6 Å². The second kappa shape index (κ2) is 7.69. The number of carbonyl (C=O) groups is 1. The van der Waals surface area contributed by atoms with Gasteiger partial charge in [-0.25, -0.2) is 0 Å². The van der Waals surface area contributed by atoms with Crippen LogP contribution in [0.1, 0.15) is 45.4 Å². The molecule has 0 atom stereocenters. The summed E-state index contributed by atoms with van der Waals surface area (Å²) in [6, 6.07) is 0. The third kappa shape index (κ3) is 5.78. The fourth-order valence-electron chi connectivity index (χ4n) is 1.97. The highest BCUT2D eigenvalue weighted by atomic mass is 16.1. The second-order valence-electron chi connectivity index (χ2n) is 4.45. The first-order valence-electron chi connectivity index (χ1n) is 6.30. The van der Waals surface area contributed by atoms with Crippen LogP contribution in [0.15, 0.2) is 0 Å². The lowest BCUT2D eigenvalue weighted by Gasteiger charge is -2.22. The Balaban J connectivity index is 2.00. The van der Waals surface area contributed by atoms with Crippen LogP contribution in [0.4, 0.5) is 0 Å². The molecule has 0 aromatic rings. The van der Waals surface area contributed by atoms with E-state index in [-0.39, 0.29) is 5.91 Å². The molecule has 1 amide bonds. The fraction of sp³-hybridized carbons (Fsp3) is 0.917. The molecule has 88 valence electrons. The van der Waals surface area contributed by atoms with Gasteiger partial charge < -0.3 is 10.6 Å². The molecule has 1 fully saturated rings. The molecular formula is C12H24N2O. The Morgan fingerprint density at radius 2 is 2.07 bits per heavy atom. The molecule has 0 bridgehead atoms. The lowest BCUT2D eigenvalue weighted by Crippen LogP contribution is -2.35. The summed E-state index contributed by atoms with van der Waals surface area (Å²) in [5.41, 5.74) is 0. The average Bonchev–Trinajstić information content (AvgIpc) is 2.28. The van der Waals surface area contributed by atoms with Gasteiger partial charge in [-0.05, 0) is 38.3 Å². The molecule has 1 aliphatic rings. The molecule has 1 saturated heterocycles. The third-order valence-electron chi connectivity index (χ3n) is 3.05. The molecule has 0 saturated carbocycles. The molecular weight excluding hydrogens is 188 g/mol. The van der Waals surface area contributed by atoms with Crippen LogP contribution < -0.4 is 10.6 Å². The van der Waals surface area contributed by atoms with Gasteiger partial charge in [-0.1, -0.05) is 19.8 Å². The Hall–Kier alpha value is -0.570. The number of rotatable bonds is 6. The summed E-state index contributed by atoms with van der Waals surface area (Å²) >= 11 is 0. The summed E-state index contributed by atoms with van der Waals surface area (Å²) in [6.07, 6.45) is 6.50. The lowest BCUT2D eigenvalue weighted by atomic mass is 9.98.